The van der Waals surface area contributed by atoms with Crippen molar-refractivity contribution in [2.24, 2.45) is 11.1 Å². The molecule has 0 aromatic heterocycles. The molecule has 0 saturated carbocycles. The molecule has 0 radical (unpaired) electrons. The number of rotatable bonds is 3. The lowest BCUT2D eigenvalue weighted by Crippen LogP contribution is -2.45. The van der Waals surface area contributed by atoms with Crippen molar-refractivity contribution in [3.63, 3.8) is 0 Å². The molecule has 0 aliphatic carbocycles. The van der Waals surface area contributed by atoms with Gasteiger partial charge in [-0.3, -0.25) is 4.79 Å². The second-order valence-electron chi connectivity index (χ2n) is 6.03. The molecule has 1 aliphatic heterocycles. The normalized spacial score (nSPS) is 18.0. The molecule has 1 aromatic rings. The molecule has 20 heavy (non-hydrogen) atoms. The van der Waals surface area contributed by atoms with Gasteiger partial charge in [-0.05, 0) is 17.5 Å². The Balaban J connectivity index is 2.06. The smallest absolute Gasteiger partial charge is 0.241 e. The first-order valence-electron chi connectivity index (χ1n) is 6.77. The number of nitrogens with two attached hydrogens (primary N) is 1. The predicted molar refractivity (Wildman–Crippen MR) is 77.1 cm³/mol. The Bertz CT molecular complexity index is 476. The topological polar surface area (TPSA) is 73.6 Å². The summed E-state index contributed by atoms with van der Waals surface area (Å²) in [7, 11) is 0. The number of anilines is 1. The van der Waals surface area contributed by atoms with Gasteiger partial charge in [0, 0.05) is 11.3 Å². The Morgan fingerprint density at radius 3 is 2.60 bits per heavy atom. The molecule has 1 aromatic carbocycles. The van der Waals surface area contributed by atoms with E-state index in [1.165, 1.54) is 0 Å². The summed E-state index contributed by atoms with van der Waals surface area (Å²) >= 11 is 0. The number of hydrogen-bond donors (Lipinski definition) is 2. The molecule has 3 N–H and O–H groups in total. The van der Waals surface area contributed by atoms with Crippen LogP contribution in [0.4, 0.5) is 5.69 Å². The number of carbonyl (C=O) groups is 1. The highest BCUT2D eigenvalue weighted by molar-refractivity contribution is 5.95. The molecule has 1 saturated heterocycles. The van der Waals surface area contributed by atoms with E-state index in [2.05, 4.69) is 5.32 Å². The SMILES string of the molecule is CC(C)(C)C(N)C(=O)Nc1cccc(C2OCCO2)c1. The van der Waals surface area contributed by atoms with Crippen molar-refractivity contribution >= 4 is 11.6 Å². The lowest BCUT2D eigenvalue weighted by molar-refractivity contribution is -0.119. The van der Waals surface area contributed by atoms with Gasteiger partial charge in [-0.25, -0.2) is 0 Å². The van der Waals surface area contributed by atoms with Crippen LogP contribution < -0.4 is 11.1 Å². The summed E-state index contributed by atoms with van der Waals surface area (Å²) in [6, 6.07) is 6.88. The average molecular weight is 278 g/mol. The van der Waals surface area contributed by atoms with E-state index in [-0.39, 0.29) is 17.6 Å². The monoisotopic (exact) mass is 278 g/mol. The number of amides is 1. The summed E-state index contributed by atoms with van der Waals surface area (Å²) in [4.78, 5) is 12.1. The van der Waals surface area contributed by atoms with Gasteiger partial charge in [0.05, 0.1) is 19.3 Å². The van der Waals surface area contributed by atoms with E-state index in [4.69, 9.17) is 15.2 Å². The largest absolute Gasteiger partial charge is 0.346 e. The molecule has 5 nitrogen and oxygen atoms in total. The summed E-state index contributed by atoms with van der Waals surface area (Å²) < 4.78 is 10.9. The van der Waals surface area contributed by atoms with Crippen LogP contribution in [0.1, 0.15) is 32.6 Å². The van der Waals surface area contributed by atoms with Crippen molar-refractivity contribution in [1.29, 1.82) is 0 Å². The zero-order valence-corrected chi connectivity index (χ0v) is 12.2. The second kappa shape index (κ2) is 5.91. The first-order chi connectivity index (χ1) is 9.38. The van der Waals surface area contributed by atoms with Gasteiger partial charge in [-0.15, -0.1) is 0 Å². The van der Waals surface area contributed by atoms with Crippen molar-refractivity contribution < 1.29 is 14.3 Å². The van der Waals surface area contributed by atoms with Gasteiger partial charge in [-0.1, -0.05) is 32.9 Å². The molecule has 1 aliphatic rings. The van der Waals surface area contributed by atoms with E-state index in [0.29, 0.717) is 18.9 Å². The minimum atomic E-state index is -0.565. The minimum absolute atomic E-state index is 0.192. The maximum absolute atomic E-state index is 12.1. The highest BCUT2D eigenvalue weighted by atomic mass is 16.7. The summed E-state index contributed by atoms with van der Waals surface area (Å²) in [5, 5.41) is 2.84. The van der Waals surface area contributed by atoms with Crippen LogP contribution in [0, 0.1) is 5.41 Å². The highest BCUT2D eigenvalue weighted by Gasteiger charge is 2.27. The summed E-state index contributed by atoms with van der Waals surface area (Å²) in [6.07, 6.45) is -0.344. The molecule has 1 heterocycles. The van der Waals surface area contributed by atoms with E-state index >= 15 is 0 Å². The first kappa shape index (κ1) is 15.0. The van der Waals surface area contributed by atoms with Crippen LogP contribution in [-0.2, 0) is 14.3 Å². The molecule has 1 fully saturated rings. The lowest BCUT2D eigenvalue weighted by Gasteiger charge is -2.26. The third-order valence-corrected chi connectivity index (χ3v) is 3.26. The standard InChI is InChI=1S/C15H22N2O3/c1-15(2,3)12(16)13(18)17-11-6-4-5-10(9-11)14-19-7-8-20-14/h4-6,9,12,14H,7-8,16H2,1-3H3,(H,17,18). The molecule has 1 atom stereocenters. The quantitative estimate of drug-likeness (QED) is 0.887. The Kier molecular flexibility index (Phi) is 4.42. The van der Waals surface area contributed by atoms with Gasteiger partial charge in [0.15, 0.2) is 6.29 Å². The van der Waals surface area contributed by atoms with Gasteiger partial charge in [0.2, 0.25) is 5.91 Å². The number of ether oxygens (including phenoxy) is 2. The van der Waals surface area contributed by atoms with E-state index in [1.807, 2.05) is 45.0 Å². The van der Waals surface area contributed by atoms with Crippen molar-refractivity contribution in [2.45, 2.75) is 33.1 Å². The molecular formula is C15H22N2O3. The highest BCUT2D eigenvalue weighted by Crippen LogP contribution is 2.26. The van der Waals surface area contributed by atoms with Crippen LogP contribution >= 0.6 is 0 Å². The molecular weight excluding hydrogens is 256 g/mol. The van der Waals surface area contributed by atoms with E-state index in [9.17, 15) is 4.79 Å². The number of nitrogens with one attached hydrogen (secondary N) is 1. The van der Waals surface area contributed by atoms with Crippen LogP contribution in [0.5, 0.6) is 0 Å². The number of hydrogen-bond acceptors (Lipinski definition) is 4. The van der Waals surface area contributed by atoms with Gasteiger partial charge in [-0.2, -0.15) is 0 Å². The van der Waals surface area contributed by atoms with Crippen LogP contribution in [0.3, 0.4) is 0 Å². The van der Waals surface area contributed by atoms with Crippen molar-refractivity contribution in [2.75, 3.05) is 18.5 Å². The van der Waals surface area contributed by atoms with Crippen LogP contribution in [-0.4, -0.2) is 25.2 Å². The Labute approximate surface area is 119 Å². The number of benzene rings is 1. The minimum Gasteiger partial charge on any atom is -0.346 e. The fourth-order valence-electron chi connectivity index (χ4n) is 1.93. The predicted octanol–water partition coefficient (Wildman–Crippen LogP) is 2.04. The lowest BCUT2D eigenvalue weighted by atomic mass is 9.87. The van der Waals surface area contributed by atoms with Crippen LogP contribution in [0.25, 0.3) is 0 Å². The van der Waals surface area contributed by atoms with E-state index < -0.39 is 6.04 Å². The van der Waals surface area contributed by atoms with Gasteiger partial charge in [0.1, 0.15) is 0 Å². The third-order valence-electron chi connectivity index (χ3n) is 3.26. The Morgan fingerprint density at radius 2 is 2.00 bits per heavy atom. The molecule has 1 unspecified atom stereocenters. The molecule has 5 heteroatoms. The number of carbonyl (C=O) groups excluding carboxylic acids is 1. The molecule has 1 amide bonds. The van der Waals surface area contributed by atoms with Gasteiger partial charge < -0.3 is 20.5 Å². The summed E-state index contributed by atoms with van der Waals surface area (Å²) in [5.74, 6) is -0.192. The van der Waals surface area contributed by atoms with Crippen molar-refractivity contribution in [3.05, 3.63) is 29.8 Å². The maximum Gasteiger partial charge on any atom is 0.241 e. The van der Waals surface area contributed by atoms with Gasteiger partial charge in [0.25, 0.3) is 0 Å². The second-order valence-corrected chi connectivity index (χ2v) is 6.03. The van der Waals surface area contributed by atoms with Gasteiger partial charge >= 0.3 is 0 Å². The zero-order valence-electron chi connectivity index (χ0n) is 12.2. The summed E-state index contributed by atoms with van der Waals surface area (Å²) in [6.45, 7) is 7.00. The molecule has 2 rings (SSSR count). The average Bonchev–Trinajstić information content (AvgIpc) is 2.91. The van der Waals surface area contributed by atoms with E-state index in [1.54, 1.807) is 0 Å². The molecule has 0 spiro atoms. The van der Waals surface area contributed by atoms with E-state index in [0.717, 1.165) is 5.56 Å². The van der Waals surface area contributed by atoms with Crippen molar-refractivity contribution in [3.8, 4) is 0 Å². The first-order valence-corrected chi connectivity index (χ1v) is 6.77. The van der Waals surface area contributed by atoms with Crippen molar-refractivity contribution in [1.82, 2.24) is 0 Å². The van der Waals surface area contributed by atoms with Crippen LogP contribution in [0.2, 0.25) is 0 Å². The maximum atomic E-state index is 12.1. The Hall–Kier alpha value is -1.43. The molecule has 110 valence electrons. The third kappa shape index (κ3) is 3.56. The fraction of sp³-hybridized carbons (Fsp3) is 0.533. The fourth-order valence-corrected chi connectivity index (χ4v) is 1.93. The van der Waals surface area contributed by atoms with Crippen LogP contribution in [0.15, 0.2) is 24.3 Å². The molecule has 0 bridgehead atoms. The summed E-state index contributed by atoms with van der Waals surface area (Å²) in [5.41, 5.74) is 7.26. The zero-order chi connectivity index (χ0) is 14.8. The Morgan fingerprint density at radius 1 is 1.35 bits per heavy atom.